The Hall–Kier alpha value is -2.48. The van der Waals surface area contributed by atoms with E-state index in [0.717, 1.165) is 22.7 Å². The van der Waals surface area contributed by atoms with Gasteiger partial charge >= 0.3 is 12.0 Å². The van der Waals surface area contributed by atoms with Crippen molar-refractivity contribution in [2.24, 2.45) is 0 Å². The van der Waals surface area contributed by atoms with Crippen molar-refractivity contribution in [2.75, 3.05) is 11.9 Å². The van der Waals surface area contributed by atoms with Gasteiger partial charge in [0, 0.05) is 24.6 Å². The molecule has 21 heavy (non-hydrogen) atoms. The summed E-state index contributed by atoms with van der Waals surface area (Å²) in [6.07, 6.45) is 1.45. The normalized spacial score (nSPS) is 17.1. The molecule has 0 saturated carbocycles. The molecular formula is C13H12N4O3S. The minimum atomic E-state index is -0.931. The van der Waals surface area contributed by atoms with Crippen molar-refractivity contribution in [3.63, 3.8) is 0 Å². The standard InChI is InChI=1S/C13H12N4O3S/c18-12(19)10-7-17(6-8-3-1-2-4-9(8)10)13(20)15-11-5-14-16-21-11/h1-5,10H,6-7H2,(H,15,20)(H,18,19). The molecule has 8 heteroatoms. The molecule has 2 N–H and O–H groups in total. The van der Waals surface area contributed by atoms with Gasteiger partial charge in [-0.05, 0) is 11.1 Å². The van der Waals surface area contributed by atoms with Gasteiger partial charge in [-0.25, -0.2) is 4.79 Å². The maximum atomic E-state index is 12.2. The Morgan fingerprint density at radius 2 is 2.19 bits per heavy atom. The summed E-state index contributed by atoms with van der Waals surface area (Å²) in [6.45, 7) is 0.530. The molecule has 1 aliphatic heterocycles. The molecule has 1 atom stereocenters. The van der Waals surface area contributed by atoms with Crippen LogP contribution < -0.4 is 5.32 Å². The molecule has 1 aromatic carbocycles. The van der Waals surface area contributed by atoms with Crippen LogP contribution in [-0.2, 0) is 11.3 Å². The molecule has 0 aliphatic carbocycles. The second-order valence-electron chi connectivity index (χ2n) is 4.68. The third kappa shape index (κ3) is 2.70. The highest BCUT2D eigenvalue weighted by Crippen LogP contribution is 2.29. The lowest BCUT2D eigenvalue weighted by molar-refractivity contribution is -0.139. The van der Waals surface area contributed by atoms with Gasteiger partial charge in [0.1, 0.15) is 5.00 Å². The minimum absolute atomic E-state index is 0.143. The number of anilines is 1. The topological polar surface area (TPSA) is 95.4 Å². The molecule has 0 saturated heterocycles. The summed E-state index contributed by atoms with van der Waals surface area (Å²) >= 11 is 1.07. The molecule has 1 unspecified atom stereocenters. The summed E-state index contributed by atoms with van der Waals surface area (Å²) < 4.78 is 3.66. The first-order valence-corrected chi connectivity index (χ1v) is 7.06. The number of nitrogens with one attached hydrogen (secondary N) is 1. The summed E-state index contributed by atoms with van der Waals surface area (Å²) in [5, 5.41) is 16.2. The Morgan fingerprint density at radius 3 is 2.90 bits per heavy atom. The van der Waals surface area contributed by atoms with Gasteiger partial charge in [0.2, 0.25) is 0 Å². The Labute approximate surface area is 124 Å². The van der Waals surface area contributed by atoms with Gasteiger partial charge in [0.25, 0.3) is 0 Å². The number of carboxylic acid groups (broad SMARTS) is 1. The van der Waals surface area contributed by atoms with Crippen LogP contribution >= 0.6 is 11.5 Å². The van der Waals surface area contributed by atoms with E-state index in [9.17, 15) is 14.7 Å². The molecule has 2 amide bonds. The van der Waals surface area contributed by atoms with Gasteiger partial charge < -0.3 is 10.0 Å². The number of nitrogens with zero attached hydrogens (tertiary/aromatic N) is 3. The number of carbonyl (C=O) groups is 2. The summed E-state index contributed by atoms with van der Waals surface area (Å²) in [5.41, 5.74) is 1.63. The van der Waals surface area contributed by atoms with Crippen LogP contribution in [0.25, 0.3) is 0 Å². The Kier molecular flexibility index (Phi) is 3.53. The van der Waals surface area contributed by atoms with E-state index >= 15 is 0 Å². The van der Waals surface area contributed by atoms with Crippen molar-refractivity contribution in [1.82, 2.24) is 14.5 Å². The van der Waals surface area contributed by atoms with E-state index < -0.39 is 11.9 Å². The maximum absolute atomic E-state index is 12.2. The molecule has 0 fully saturated rings. The molecule has 7 nitrogen and oxygen atoms in total. The quantitative estimate of drug-likeness (QED) is 0.881. The van der Waals surface area contributed by atoms with Crippen LogP contribution in [0.2, 0.25) is 0 Å². The van der Waals surface area contributed by atoms with E-state index in [2.05, 4.69) is 14.9 Å². The number of aromatic nitrogens is 2. The van der Waals surface area contributed by atoms with Crippen LogP contribution in [0.15, 0.2) is 30.5 Å². The van der Waals surface area contributed by atoms with Gasteiger partial charge in [-0.3, -0.25) is 10.1 Å². The van der Waals surface area contributed by atoms with Crippen molar-refractivity contribution in [1.29, 1.82) is 0 Å². The molecule has 0 spiro atoms. The van der Waals surface area contributed by atoms with Gasteiger partial charge in [-0.15, -0.1) is 5.10 Å². The fourth-order valence-corrected chi connectivity index (χ4v) is 2.79. The van der Waals surface area contributed by atoms with Crippen LogP contribution in [0.1, 0.15) is 17.0 Å². The van der Waals surface area contributed by atoms with E-state index in [1.165, 1.54) is 11.1 Å². The number of fused-ring (bicyclic) bond motifs is 1. The summed E-state index contributed by atoms with van der Waals surface area (Å²) in [5.74, 6) is -1.64. The molecule has 3 rings (SSSR count). The molecule has 2 heterocycles. The summed E-state index contributed by atoms with van der Waals surface area (Å²) in [7, 11) is 0. The average molecular weight is 304 g/mol. The monoisotopic (exact) mass is 304 g/mol. The van der Waals surface area contributed by atoms with Gasteiger partial charge in [-0.2, -0.15) is 0 Å². The molecule has 0 radical (unpaired) electrons. The van der Waals surface area contributed by atoms with Crippen molar-refractivity contribution >= 4 is 28.5 Å². The minimum Gasteiger partial charge on any atom is -0.481 e. The van der Waals surface area contributed by atoms with Crippen LogP contribution in [0.5, 0.6) is 0 Å². The largest absolute Gasteiger partial charge is 0.481 e. The molecule has 2 aromatic rings. The Balaban J connectivity index is 1.82. The van der Waals surface area contributed by atoms with Gasteiger partial charge in [0.15, 0.2) is 0 Å². The van der Waals surface area contributed by atoms with Crippen LogP contribution in [-0.4, -0.2) is 38.1 Å². The molecular weight excluding hydrogens is 292 g/mol. The highest BCUT2D eigenvalue weighted by Gasteiger charge is 2.32. The van der Waals surface area contributed by atoms with Gasteiger partial charge in [0.05, 0.1) is 12.1 Å². The zero-order valence-corrected chi connectivity index (χ0v) is 11.7. The number of urea groups is 1. The number of carbonyl (C=O) groups excluding carboxylic acids is 1. The molecule has 108 valence electrons. The fraction of sp³-hybridized carbons (Fsp3) is 0.231. The Bertz CT molecular complexity index is 674. The highest BCUT2D eigenvalue weighted by molar-refractivity contribution is 7.10. The fourth-order valence-electron chi connectivity index (χ4n) is 2.38. The lowest BCUT2D eigenvalue weighted by Crippen LogP contribution is -2.42. The maximum Gasteiger partial charge on any atom is 0.322 e. The van der Waals surface area contributed by atoms with E-state index in [1.807, 2.05) is 18.2 Å². The first-order chi connectivity index (χ1) is 10.1. The van der Waals surface area contributed by atoms with Crippen LogP contribution in [0.3, 0.4) is 0 Å². The third-order valence-electron chi connectivity index (χ3n) is 3.37. The number of amides is 2. The van der Waals surface area contributed by atoms with Crippen molar-refractivity contribution in [2.45, 2.75) is 12.5 Å². The van der Waals surface area contributed by atoms with E-state index in [4.69, 9.17) is 0 Å². The second kappa shape index (κ2) is 5.49. The predicted octanol–water partition coefficient (Wildman–Crippen LogP) is 1.75. The summed E-state index contributed by atoms with van der Waals surface area (Å²) in [4.78, 5) is 25.1. The van der Waals surface area contributed by atoms with Crippen molar-refractivity contribution < 1.29 is 14.7 Å². The molecule has 0 bridgehead atoms. The molecule has 1 aromatic heterocycles. The average Bonchev–Trinajstić information content (AvgIpc) is 2.98. The first kappa shape index (κ1) is 13.5. The number of benzene rings is 1. The predicted molar refractivity (Wildman–Crippen MR) is 76.2 cm³/mol. The van der Waals surface area contributed by atoms with Crippen LogP contribution in [0, 0.1) is 0 Å². The second-order valence-corrected chi connectivity index (χ2v) is 5.47. The smallest absolute Gasteiger partial charge is 0.322 e. The Morgan fingerprint density at radius 1 is 1.38 bits per heavy atom. The zero-order chi connectivity index (χ0) is 14.8. The van der Waals surface area contributed by atoms with E-state index in [0.29, 0.717) is 11.5 Å². The summed E-state index contributed by atoms with van der Waals surface area (Å²) in [6, 6.07) is 6.96. The van der Waals surface area contributed by atoms with Crippen molar-refractivity contribution in [3.8, 4) is 0 Å². The third-order valence-corrected chi connectivity index (χ3v) is 3.95. The number of aliphatic carboxylic acids is 1. The van der Waals surface area contributed by atoms with Crippen LogP contribution in [0.4, 0.5) is 9.80 Å². The zero-order valence-electron chi connectivity index (χ0n) is 10.9. The number of carboxylic acids is 1. The SMILES string of the molecule is O=C(O)C1CN(C(=O)Nc2cnns2)Cc2ccccc21. The number of hydrogen-bond acceptors (Lipinski definition) is 5. The van der Waals surface area contributed by atoms with E-state index in [-0.39, 0.29) is 12.6 Å². The van der Waals surface area contributed by atoms with Crippen molar-refractivity contribution in [3.05, 3.63) is 41.6 Å². The lowest BCUT2D eigenvalue weighted by Gasteiger charge is -2.32. The van der Waals surface area contributed by atoms with E-state index in [1.54, 1.807) is 6.07 Å². The lowest BCUT2D eigenvalue weighted by atomic mass is 9.90. The van der Waals surface area contributed by atoms with Gasteiger partial charge in [-0.1, -0.05) is 28.8 Å². The molecule has 1 aliphatic rings. The number of rotatable bonds is 2. The first-order valence-electron chi connectivity index (χ1n) is 6.29. The highest BCUT2D eigenvalue weighted by atomic mass is 32.1. The number of hydrogen-bond donors (Lipinski definition) is 2.